The van der Waals surface area contributed by atoms with E-state index in [1.54, 1.807) is 0 Å². The van der Waals surface area contributed by atoms with Crippen molar-refractivity contribution >= 4 is 10.9 Å². The van der Waals surface area contributed by atoms with Crippen LogP contribution >= 0.6 is 0 Å². The van der Waals surface area contributed by atoms with Crippen molar-refractivity contribution in [3.05, 3.63) is 127 Å². The summed E-state index contributed by atoms with van der Waals surface area (Å²) in [4.78, 5) is 14.8. The molecular weight excluding hydrogens is 414 g/mol. The number of rotatable bonds is 4. The van der Waals surface area contributed by atoms with Gasteiger partial charge in [-0.15, -0.1) is 0 Å². The summed E-state index contributed by atoms with van der Waals surface area (Å²) in [5.74, 6) is 0.697. The summed E-state index contributed by atoms with van der Waals surface area (Å²) in [6.07, 6.45) is 0. The zero-order valence-electron chi connectivity index (χ0n) is 18.5. The van der Waals surface area contributed by atoms with Gasteiger partial charge in [0.05, 0.1) is 22.6 Å². The van der Waals surface area contributed by atoms with Crippen molar-refractivity contribution in [2.24, 2.45) is 0 Å². The number of pyridine rings is 1. The first-order valence-electron chi connectivity index (χ1n) is 11.3. The highest BCUT2D eigenvalue weighted by Gasteiger charge is 2.11. The maximum Gasteiger partial charge on any atom is 0.160 e. The standard InChI is InChI=1S/C31H21N3/c1-3-10-22(11-4-1)29-21-30(23-12-5-2-6-13-23)34-31(33-29)26-16-9-15-25(20-26)28-19-18-24-14-7-8-17-27(24)32-28/h1-21H. The van der Waals surface area contributed by atoms with Crippen LogP contribution in [-0.4, -0.2) is 15.0 Å². The molecule has 3 nitrogen and oxygen atoms in total. The summed E-state index contributed by atoms with van der Waals surface area (Å²) in [5, 5.41) is 1.13. The molecule has 0 radical (unpaired) electrons. The molecule has 0 aliphatic carbocycles. The van der Waals surface area contributed by atoms with Crippen LogP contribution < -0.4 is 0 Å². The van der Waals surface area contributed by atoms with Gasteiger partial charge in [0.25, 0.3) is 0 Å². The molecule has 0 saturated carbocycles. The summed E-state index contributed by atoms with van der Waals surface area (Å²) in [5.41, 5.74) is 7.85. The summed E-state index contributed by atoms with van der Waals surface area (Å²) >= 11 is 0. The monoisotopic (exact) mass is 435 g/mol. The van der Waals surface area contributed by atoms with Crippen LogP contribution in [0.15, 0.2) is 127 Å². The molecule has 160 valence electrons. The topological polar surface area (TPSA) is 38.7 Å². The predicted octanol–water partition coefficient (Wildman–Crippen LogP) is 7.69. The molecule has 0 aliphatic heterocycles. The Labute approximate surface area is 198 Å². The third-order valence-corrected chi connectivity index (χ3v) is 5.88. The first kappa shape index (κ1) is 20.0. The summed E-state index contributed by atoms with van der Waals surface area (Å²) in [6.45, 7) is 0. The van der Waals surface area contributed by atoms with E-state index in [0.29, 0.717) is 5.82 Å². The first-order valence-corrected chi connectivity index (χ1v) is 11.3. The number of hydrogen-bond donors (Lipinski definition) is 0. The van der Waals surface area contributed by atoms with E-state index in [4.69, 9.17) is 15.0 Å². The normalized spacial score (nSPS) is 10.9. The van der Waals surface area contributed by atoms with Crippen LogP contribution in [0.25, 0.3) is 56.1 Å². The lowest BCUT2D eigenvalue weighted by Crippen LogP contribution is -1.96. The fraction of sp³-hybridized carbons (Fsp3) is 0. The molecule has 0 saturated heterocycles. The van der Waals surface area contributed by atoms with E-state index in [2.05, 4.69) is 66.7 Å². The smallest absolute Gasteiger partial charge is 0.160 e. The summed E-state index contributed by atoms with van der Waals surface area (Å²) in [7, 11) is 0. The quantitative estimate of drug-likeness (QED) is 0.285. The number of fused-ring (bicyclic) bond motifs is 1. The zero-order chi connectivity index (χ0) is 22.7. The van der Waals surface area contributed by atoms with Crippen molar-refractivity contribution in [3.8, 4) is 45.2 Å². The minimum atomic E-state index is 0.697. The van der Waals surface area contributed by atoms with Crippen LogP contribution in [0, 0.1) is 0 Å². The van der Waals surface area contributed by atoms with E-state index >= 15 is 0 Å². The van der Waals surface area contributed by atoms with Crippen molar-refractivity contribution < 1.29 is 0 Å². The van der Waals surface area contributed by atoms with Gasteiger partial charge in [-0.2, -0.15) is 0 Å². The molecule has 0 amide bonds. The van der Waals surface area contributed by atoms with Crippen molar-refractivity contribution in [3.63, 3.8) is 0 Å². The third-order valence-electron chi connectivity index (χ3n) is 5.88. The molecular formula is C31H21N3. The molecule has 6 aromatic rings. The van der Waals surface area contributed by atoms with Gasteiger partial charge >= 0.3 is 0 Å². The highest BCUT2D eigenvalue weighted by Crippen LogP contribution is 2.29. The molecule has 0 atom stereocenters. The largest absolute Gasteiger partial charge is 0.248 e. The average Bonchev–Trinajstić information content (AvgIpc) is 2.93. The molecule has 34 heavy (non-hydrogen) atoms. The lowest BCUT2D eigenvalue weighted by molar-refractivity contribution is 1.18. The van der Waals surface area contributed by atoms with Crippen LogP contribution in [0.5, 0.6) is 0 Å². The molecule has 2 heterocycles. The van der Waals surface area contributed by atoms with Crippen molar-refractivity contribution in [2.45, 2.75) is 0 Å². The zero-order valence-corrected chi connectivity index (χ0v) is 18.5. The Morgan fingerprint density at radius 3 is 1.65 bits per heavy atom. The third kappa shape index (κ3) is 3.96. The highest BCUT2D eigenvalue weighted by molar-refractivity contribution is 5.82. The fourth-order valence-electron chi connectivity index (χ4n) is 4.13. The molecule has 0 spiro atoms. The van der Waals surface area contributed by atoms with E-state index in [1.165, 1.54) is 0 Å². The van der Waals surface area contributed by atoms with Crippen LogP contribution in [0.1, 0.15) is 0 Å². The van der Waals surface area contributed by atoms with E-state index in [0.717, 1.165) is 50.2 Å². The van der Waals surface area contributed by atoms with E-state index in [-0.39, 0.29) is 0 Å². The molecule has 0 fully saturated rings. The number of nitrogens with zero attached hydrogens (tertiary/aromatic N) is 3. The minimum Gasteiger partial charge on any atom is -0.248 e. The molecule has 0 aliphatic rings. The van der Waals surface area contributed by atoms with Gasteiger partial charge in [0, 0.05) is 27.6 Å². The van der Waals surface area contributed by atoms with Crippen molar-refractivity contribution in [1.82, 2.24) is 15.0 Å². The second-order valence-corrected chi connectivity index (χ2v) is 8.16. The fourth-order valence-corrected chi connectivity index (χ4v) is 4.13. The molecule has 2 aromatic heterocycles. The number of para-hydroxylation sites is 1. The Morgan fingerprint density at radius 1 is 0.353 bits per heavy atom. The number of benzene rings is 4. The van der Waals surface area contributed by atoms with Gasteiger partial charge in [0.1, 0.15) is 0 Å². The lowest BCUT2D eigenvalue weighted by Gasteiger charge is -2.10. The van der Waals surface area contributed by atoms with Crippen molar-refractivity contribution in [2.75, 3.05) is 0 Å². The predicted molar refractivity (Wildman–Crippen MR) is 139 cm³/mol. The van der Waals surface area contributed by atoms with Crippen LogP contribution in [0.2, 0.25) is 0 Å². The summed E-state index contributed by atoms with van der Waals surface area (Å²) in [6, 6.07) is 43.2. The molecule has 0 bridgehead atoms. The van der Waals surface area contributed by atoms with Gasteiger partial charge in [-0.1, -0.05) is 103 Å². The Balaban J connectivity index is 1.48. The lowest BCUT2D eigenvalue weighted by atomic mass is 10.0. The average molecular weight is 436 g/mol. The van der Waals surface area contributed by atoms with Crippen LogP contribution in [0.4, 0.5) is 0 Å². The number of aromatic nitrogens is 3. The van der Waals surface area contributed by atoms with Gasteiger partial charge in [0.15, 0.2) is 5.82 Å². The highest BCUT2D eigenvalue weighted by atomic mass is 14.9. The Kier molecular flexibility index (Phi) is 5.13. The van der Waals surface area contributed by atoms with Crippen molar-refractivity contribution in [1.29, 1.82) is 0 Å². The van der Waals surface area contributed by atoms with Gasteiger partial charge in [0.2, 0.25) is 0 Å². The van der Waals surface area contributed by atoms with Crippen LogP contribution in [0.3, 0.4) is 0 Å². The molecule has 0 unspecified atom stereocenters. The SMILES string of the molecule is c1ccc(-c2cc(-c3ccccc3)nc(-c3cccc(-c4ccc5ccccc5n4)c3)n2)cc1. The van der Waals surface area contributed by atoms with E-state index in [9.17, 15) is 0 Å². The Morgan fingerprint density at radius 2 is 0.941 bits per heavy atom. The Hall–Kier alpha value is -4.63. The van der Waals surface area contributed by atoms with Gasteiger partial charge in [-0.05, 0) is 24.3 Å². The molecule has 6 rings (SSSR count). The van der Waals surface area contributed by atoms with Gasteiger partial charge < -0.3 is 0 Å². The minimum absolute atomic E-state index is 0.697. The summed E-state index contributed by atoms with van der Waals surface area (Å²) < 4.78 is 0. The Bertz CT molecular complexity index is 1530. The van der Waals surface area contributed by atoms with Gasteiger partial charge in [-0.25, -0.2) is 15.0 Å². The maximum absolute atomic E-state index is 4.95. The molecule has 0 N–H and O–H groups in total. The molecule has 3 heteroatoms. The van der Waals surface area contributed by atoms with E-state index in [1.807, 2.05) is 60.7 Å². The second kappa shape index (κ2) is 8.72. The number of hydrogen-bond acceptors (Lipinski definition) is 3. The molecule has 4 aromatic carbocycles. The van der Waals surface area contributed by atoms with E-state index < -0.39 is 0 Å². The first-order chi connectivity index (χ1) is 16.8. The maximum atomic E-state index is 4.95. The van der Waals surface area contributed by atoms with Crippen LogP contribution in [-0.2, 0) is 0 Å². The second-order valence-electron chi connectivity index (χ2n) is 8.16. The van der Waals surface area contributed by atoms with Gasteiger partial charge in [-0.3, -0.25) is 0 Å².